The zero-order chi connectivity index (χ0) is 17.9. The van der Waals surface area contributed by atoms with E-state index in [0.29, 0.717) is 16.7 Å². The summed E-state index contributed by atoms with van der Waals surface area (Å²) >= 11 is 1.48. The zero-order valence-corrected chi connectivity index (χ0v) is 15.4. The van der Waals surface area contributed by atoms with Crippen LogP contribution in [0.3, 0.4) is 0 Å². The second-order valence-corrected chi connectivity index (χ2v) is 7.49. The first-order valence-corrected chi connectivity index (χ1v) is 9.62. The Hall–Kier alpha value is -2.51. The number of hydrogen-bond donors (Lipinski definition) is 2. The van der Waals surface area contributed by atoms with Gasteiger partial charge in [0.1, 0.15) is 0 Å². The molecule has 1 atom stereocenters. The standard InChI is InChI=1S/C19H21N5OS/c1-13-4-6-15(7-5-13)18(25)23-19-22-16(12-26-19)17-3-2-8-24(17)11-14-9-20-21-10-14/h4-7,9-10,12,17H,2-3,8,11H2,1H3,(H,20,21)(H,22,23,25)/t17-/m0/s1. The first kappa shape index (κ1) is 16.9. The van der Waals surface area contributed by atoms with E-state index in [1.165, 1.54) is 16.9 Å². The summed E-state index contributed by atoms with van der Waals surface area (Å²) in [4.78, 5) is 19.5. The number of rotatable bonds is 5. The van der Waals surface area contributed by atoms with Crippen LogP contribution < -0.4 is 5.32 Å². The Morgan fingerprint density at radius 2 is 2.23 bits per heavy atom. The Morgan fingerprint density at radius 3 is 3.00 bits per heavy atom. The molecule has 3 heterocycles. The van der Waals surface area contributed by atoms with Gasteiger partial charge < -0.3 is 0 Å². The second kappa shape index (κ2) is 7.39. The molecule has 0 unspecified atom stereocenters. The number of thiazole rings is 1. The van der Waals surface area contributed by atoms with Gasteiger partial charge in [-0.1, -0.05) is 17.7 Å². The largest absolute Gasteiger partial charge is 0.298 e. The van der Waals surface area contributed by atoms with Crippen molar-refractivity contribution in [2.75, 3.05) is 11.9 Å². The van der Waals surface area contributed by atoms with Gasteiger partial charge in [0.25, 0.3) is 5.91 Å². The van der Waals surface area contributed by atoms with Gasteiger partial charge in [-0.2, -0.15) is 5.10 Å². The van der Waals surface area contributed by atoms with Crippen LogP contribution in [0, 0.1) is 6.92 Å². The van der Waals surface area contributed by atoms with Gasteiger partial charge in [-0.3, -0.25) is 20.1 Å². The molecule has 1 fully saturated rings. The lowest BCUT2D eigenvalue weighted by molar-refractivity contribution is 0.102. The third-order valence-corrected chi connectivity index (χ3v) is 5.48. The Labute approximate surface area is 156 Å². The molecule has 1 saturated heterocycles. The Bertz CT molecular complexity index is 872. The minimum atomic E-state index is -0.118. The second-order valence-electron chi connectivity index (χ2n) is 6.63. The molecule has 26 heavy (non-hydrogen) atoms. The van der Waals surface area contributed by atoms with E-state index in [9.17, 15) is 4.79 Å². The van der Waals surface area contributed by atoms with E-state index in [-0.39, 0.29) is 5.91 Å². The molecule has 1 aromatic carbocycles. The van der Waals surface area contributed by atoms with Crippen molar-refractivity contribution in [3.8, 4) is 0 Å². The average molecular weight is 367 g/mol. The minimum Gasteiger partial charge on any atom is -0.298 e. The summed E-state index contributed by atoms with van der Waals surface area (Å²) in [6.45, 7) is 3.92. The number of amides is 1. The van der Waals surface area contributed by atoms with Crippen LogP contribution in [0.25, 0.3) is 0 Å². The number of aromatic amines is 1. The highest BCUT2D eigenvalue weighted by atomic mass is 32.1. The van der Waals surface area contributed by atoms with Crippen molar-refractivity contribution in [2.45, 2.75) is 32.4 Å². The minimum absolute atomic E-state index is 0.118. The summed E-state index contributed by atoms with van der Waals surface area (Å²) in [5.41, 5.74) is 4.00. The van der Waals surface area contributed by atoms with Gasteiger partial charge >= 0.3 is 0 Å². The van der Waals surface area contributed by atoms with Crippen molar-refractivity contribution in [1.82, 2.24) is 20.1 Å². The van der Waals surface area contributed by atoms with Gasteiger partial charge in [0, 0.05) is 29.2 Å². The summed E-state index contributed by atoms with van der Waals surface area (Å²) in [6.07, 6.45) is 6.05. The molecule has 134 valence electrons. The molecule has 0 radical (unpaired) electrons. The molecule has 0 bridgehead atoms. The van der Waals surface area contributed by atoms with E-state index < -0.39 is 0 Å². The van der Waals surface area contributed by atoms with Crippen molar-refractivity contribution in [1.29, 1.82) is 0 Å². The number of anilines is 1. The number of carbonyl (C=O) groups excluding carboxylic acids is 1. The van der Waals surface area contributed by atoms with Crippen LogP contribution in [0.2, 0.25) is 0 Å². The van der Waals surface area contributed by atoms with Crippen molar-refractivity contribution in [3.63, 3.8) is 0 Å². The smallest absolute Gasteiger partial charge is 0.257 e. The summed E-state index contributed by atoms with van der Waals surface area (Å²) in [7, 11) is 0. The SMILES string of the molecule is Cc1ccc(C(=O)Nc2nc([C@@H]3CCCN3Cc3cn[nH]c3)cs2)cc1. The molecule has 7 heteroatoms. The van der Waals surface area contributed by atoms with Crippen molar-refractivity contribution in [2.24, 2.45) is 0 Å². The van der Waals surface area contributed by atoms with E-state index in [4.69, 9.17) is 0 Å². The summed E-state index contributed by atoms with van der Waals surface area (Å²) < 4.78 is 0. The molecular weight excluding hydrogens is 346 g/mol. The quantitative estimate of drug-likeness (QED) is 0.720. The molecule has 2 aromatic heterocycles. The Balaban J connectivity index is 1.43. The third-order valence-electron chi connectivity index (χ3n) is 4.70. The fourth-order valence-corrected chi connectivity index (χ4v) is 4.07. The van der Waals surface area contributed by atoms with Gasteiger partial charge in [-0.25, -0.2) is 4.98 Å². The van der Waals surface area contributed by atoms with E-state index in [1.54, 1.807) is 0 Å². The van der Waals surface area contributed by atoms with E-state index in [1.807, 2.05) is 43.6 Å². The highest BCUT2D eigenvalue weighted by Gasteiger charge is 2.28. The summed E-state index contributed by atoms with van der Waals surface area (Å²) in [5, 5.41) is 12.5. The number of nitrogens with zero attached hydrogens (tertiary/aromatic N) is 3. The normalized spacial score (nSPS) is 17.5. The van der Waals surface area contributed by atoms with Crippen LogP contribution in [-0.4, -0.2) is 32.5 Å². The summed E-state index contributed by atoms with van der Waals surface area (Å²) in [5.74, 6) is -0.118. The fraction of sp³-hybridized carbons (Fsp3) is 0.316. The number of carbonyl (C=O) groups is 1. The van der Waals surface area contributed by atoms with Gasteiger partial charge in [0.15, 0.2) is 5.13 Å². The molecule has 0 spiro atoms. The van der Waals surface area contributed by atoms with Gasteiger partial charge in [0.05, 0.1) is 17.9 Å². The first-order valence-electron chi connectivity index (χ1n) is 8.74. The molecule has 1 amide bonds. The molecule has 0 aliphatic carbocycles. The number of likely N-dealkylation sites (tertiary alicyclic amines) is 1. The van der Waals surface area contributed by atoms with Crippen molar-refractivity contribution < 1.29 is 4.79 Å². The van der Waals surface area contributed by atoms with Crippen LogP contribution in [-0.2, 0) is 6.54 Å². The Kier molecular flexibility index (Phi) is 4.81. The Morgan fingerprint density at radius 1 is 1.38 bits per heavy atom. The summed E-state index contributed by atoms with van der Waals surface area (Å²) in [6, 6.07) is 7.85. The third kappa shape index (κ3) is 3.68. The topological polar surface area (TPSA) is 73.9 Å². The van der Waals surface area contributed by atoms with Crippen molar-refractivity contribution >= 4 is 22.4 Å². The predicted molar refractivity (Wildman–Crippen MR) is 102 cm³/mol. The predicted octanol–water partition coefficient (Wildman–Crippen LogP) is 3.76. The van der Waals surface area contributed by atoms with Gasteiger partial charge in [-0.05, 0) is 38.4 Å². The molecular formula is C19H21N5OS. The van der Waals surface area contributed by atoms with Crippen LogP contribution in [0.4, 0.5) is 5.13 Å². The van der Waals surface area contributed by atoms with Crippen LogP contribution in [0.1, 0.15) is 46.1 Å². The number of aromatic nitrogens is 3. The van der Waals surface area contributed by atoms with E-state index in [2.05, 4.69) is 30.8 Å². The molecule has 1 aliphatic heterocycles. The monoisotopic (exact) mass is 367 g/mol. The number of H-pyrrole nitrogens is 1. The highest BCUT2D eigenvalue weighted by molar-refractivity contribution is 7.14. The molecule has 3 aromatic rings. The average Bonchev–Trinajstić information content (AvgIpc) is 3.38. The maximum atomic E-state index is 12.4. The number of benzene rings is 1. The lowest BCUT2D eigenvalue weighted by Crippen LogP contribution is -2.22. The van der Waals surface area contributed by atoms with Crippen LogP contribution in [0.5, 0.6) is 0 Å². The first-order chi connectivity index (χ1) is 12.7. The number of hydrogen-bond acceptors (Lipinski definition) is 5. The van der Waals surface area contributed by atoms with E-state index >= 15 is 0 Å². The maximum Gasteiger partial charge on any atom is 0.257 e. The number of nitrogens with one attached hydrogen (secondary N) is 2. The van der Waals surface area contributed by atoms with Crippen LogP contribution >= 0.6 is 11.3 Å². The molecule has 6 nitrogen and oxygen atoms in total. The molecule has 2 N–H and O–H groups in total. The lowest BCUT2D eigenvalue weighted by atomic mass is 10.1. The lowest BCUT2D eigenvalue weighted by Gasteiger charge is -2.22. The van der Waals surface area contributed by atoms with Crippen LogP contribution in [0.15, 0.2) is 42.0 Å². The zero-order valence-electron chi connectivity index (χ0n) is 14.6. The van der Waals surface area contributed by atoms with E-state index in [0.717, 1.165) is 37.2 Å². The molecule has 1 aliphatic rings. The molecule has 0 saturated carbocycles. The molecule has 4 rings (SSSR count). The highest BCUT2D eigenvalue weighted by Crippen LogP contribution is 2.34. The fourth-order valence-electron chi connectivity index (χ4n) is 3.32. The van der Waals surface area contributed by atoms with Gasteiger partial charge in [0.2, 0.25) is 0 Å². The van der Waals surface area contributed by atoms with Crippen molar-refractivity contribution in [3.05, 3.63) is 64.4 Å². The van der Waals surface area contributed by atoms with Gasteiger partial charge in [-0.15, -0.1) is 11.3 Å². The maximum absolute atomic E-state index is 12.4. The number of aryl methyl sites for hydroxylation is 1.